The van der Waals surface area contributed by atoms with E-state index in [1.807, 2.05) is 20.2 Å². The fourth-order valence-electron chi connectivity index (χ4n) is 1.57. The molecule has 0 saturated heterocycles. The summed E-state index contributed by atoms with van der Waals surface area (Å²) >= 11 is 0. The maximum atomic E-state index is 5.15. The van der Waals surface area contributed by atoms with Crippen LogP contribution in [0.4, 0.5) is 0 Å². The minimum atomic E-state index is 0.683. The molecule has 0 aliphatic rings. The molecule has 0 bridgehead atoms. The Kier molecular flexibility index (Phi) is 3.38. The van der Waals surface area contributed by atoms with E-state index in [0.29, 0.717) is 13.1 Å². The van der Waals surface area contributed by atoms with Gasteiger partial charge in [0.15, 0.2) is 0 Å². The summed E-state index contributed by atoms with van der Waals surface area (Å²) in [6.45, 7) is 1.39. The molecule has 0 aliphatic heterocycles. The van der Waals surface area contributed by atoms with Gasteiger partial charge in [-0.3, -0.25) is 4.68 Å². The Morgan fingerprint density at radius 2 is 2.12 bits per heavy atom. The number of aryl methyl sites for hydroxylation is 2. The highest BCUT2D eigenvalue weighted by Gasteiger charge is 2.05. The normalized spacial score (nSPS) is 10.8. The lowest BCUT2D eigenvalue weighted by Gasteiger charge is -2.01. The lowest BCUT2D eigenvalue weighted by molar-refractivity contribution is 0.373. The number of hydrogen-bond acceptors (Lipinski definition) is 5. The van der Waals surface area contributed by atoms with E-state index in [2.05, 4.69) is 20.7 Å². The fourth-order valence-corrected chi connectivity index (χ4v) is 1.57. The summed E-state index contributed by atoms with van der Waals surface area (Å²) in [5.74, 6) is 0.754. The van der Waals surface area contributed by atoms with E-state index in [1.54, 1.807) is 22.7 Å². The highest BCUT2D eigenvalue weighted by Crippen LogP contribution is 2.10. The summed E-state index contributed by atoms with van der Waals surface area (Å²) in [6, 6.07) is 1.91. The smallest absolute Gasteiger partial charge is 0.211 e. The quantitative estimate of drug-likeness (QED) is 0.781. The van der Waals surface area contributed by atoms with Gasteiger partial charge in [-0.05, 0) is 0 Å². The van der Waals surface area contributed by atoms with Crippen LogP contribution in [-0.4, -0.2) is 31.9 Å². The van der Waals surface area contributed by atoms with Crippen LogP contribution in [0.1, 0.15) is 11.4 Å². The van der Waals surface area contributed by atoms with Gasteiger partial charge in [-0.15, -0.1) is 5.10 Å². The van der Waals surface area contributed by atoms with Crippen LogP contribution >= 0.6 is 0 Å². The first-order valence-electron chi connectivity index (χ1n) is 5.32. The third-order valence-corrected chi connectivity index (χ3v) is 2.52. The Labute approximate surface area is 99.4 Å². The van der Waals surface area contributed by atoms with Crippen LogP contribution in [0, 0.1) is 0 Å². The maximum absolute atomic E-state index is 5.15. The second-order valence-corrected chi connectivity index (χ2v) is 3.75. The van der Waals surface area contributed by atoms with Crippen molar-refractivity contribution in [1.82, 2.24) is 30.1 Å². The minimum Gasteiger partial charge on any atom is -0.481 e. The van der Waals surface area contributed by atoms with Crippen LogP contribution in [0.25, 0.3) is 0 Å². The van der Waals surface area contributed by atoms with Crippen molar-refractivity contribution in [2.75, 3.05) is 7.11 Å². The molecular weight excluding hydrogens is 220 g/mol. The number of hydrogen-bond donors (Lipinski definition) is 1. The van der Waals surface area contributed by atoms with E-state index in [0.717, 1.165) is 17.3 Å². The Hall–Kier alpha value is -1.89. The van der Waals surface area contributed by atoms with E-state index in [9.17, 15) is 0 Å². The monoisotopic (exact) mass is 236 g/mol. The summed E-state index contributed by atoms with van der Waals surface area (Å²) < 4.78 is 8.60. The van der Waals surface area contributed by atoms with Gasteiger partial charge in [-0.1, -0.05) is 5.21 Å². The average molecular weight is 236 g/mol. The molecule has 0 atom stereocenters. The molecular formula is C10H16N6O. The largest absolute Gasteiger partial charge is 0.481 e. The van der Waals surface area contributed by atoms with Gasteiger partial charge in [0.25, 0.3) is 0 Å². The molecule has 2 rings (SSSR count). The average Bonchev–Trinajstić information content (AvgIpc) is 2.86. The van der Waals surface area contributed by atoms with Crippen molar-refractivity contribution in [1.29, 1.82) is 0 Å². The number of nitrogens with zero attached hydrogens (tertiary/aromatic N) is 5. The van der Waals surface area contributed by atoms with Crippen molar-refractivity contribution in [3.63, 3.8) is 0 Å². The predicted molar refractivity (Wildman–Crippen MR) is 61.3 cm³/mol. The molecule has 7 heteroatoms. The van der Waals surface area contributed by atoms with Crippen LogP contribution in [-0.2, 0) is 27.2 Å². The maximum Gasteiger partial charge on any atom is 0.211 e. The van der Waals surface area contributed by atoms with Crippen LogP contribution in [0.15, 0.2) is 12.3 Å². The first-order valence-corrected chi connectivity index (χ1v) is 5.32. The van der Waals surface area contributed by atoms with Crippen molar-refractivity contribution in [3.8, 4) is 5.88 Å². The second kappa shape index (κ2) is 4.96. The molecule has 92 valence electrons. The zero-order valence-corrected chi connectivity index (χ0v) is 10.2. The van der Waals surface area contributed by atoms with Crippen LogP contribution in [0.3, 0.4) is 0 Å². The molecule has 7 nitrogen and oxygen atoms in total. The van der Waals surface area contributed by atoms with E-state index >= 15 is 0 Å². The molecule has 1 N–H and O–H groups in total. The van der Waals surface area contributed by atoms with E-state index in [-0.39, 0.29) is 0 Å². The summed E-state index contributed by atoms with van der Waals surface area (Å²) in [4.78, 5) is 0. The Balaban J connectivity index is 1.88. The van der Waals surface area contributed by atoms with Gasteiger partial charge >= 0.3 is 0 Å². The van der Waals surface area contributed by atoms with E-state index in [1.165, 1.54) is 0 Å². The van der Waals surface area contributed by atoms with Crippen LogP contribution in [0.2, 0.25) is 0 Å². The van der Waals surface area contributed by atoms with Gasteiger partial charge < -0.3 is 10.1 Å². The molecule has 0 saturated carbocycles. The van der Waals surface area contributed by atoms with Crippen molar-refractivity contribution in [2.45, 2.75) is 13.1 Å². The van der Waals surface area contributed by atoms with E-state index in [4.69, 9.17) is 4.74 Å². The van der Waals surface area contributed by atoms with Gasteiger partial charge in [-0.2, -0.15) is 5.10 Å². The van der Waals surface area contributed by atoms with Crippen molar-refractivity contribution in [3.05, 3.63) is 23.7 Å². The lowest BCUT2D eigenvalue weighted by atomic mass is 10.4. The minimum absolute atomic E-state index is 0.683. The Bertz CT molecular complexity index is 489. The first-order chi connectivity index (χ1) is 8.20. The molecule has 0 spiro atoms. The summed E-state index contributed by atoms with van der Waals surface area (Å²) in [5.41, 5.74) is 1.98. The zero-order valence-electron chi connectivity index (χ0n) is 10.2. The molecule has 0 radical (unpaired) electrons. The molecule has 0 amide bonds. The summed E-state index contributed by atoms with van der Waals surface area (Å²) in [6.07, 6.45) is 1.74. The van der Waals surface area contributed by atoms with Gasteiger partial charge in [0, 0.05) is 33.3 Å². The standard InChI is InChI=1S/C10H16N6O/c1-15-9(7-12-14-15)6-11-5-8-4-10(17-3)16(2)13-8/h4,7,11H,5-6H2,1-3H3. The molecule has 2 aromatic rings. The molecule has 0 fully saturated rings. The number of aromatic nitrogens is 5. The predicted octanol–water partition coefficient (Wildman–Crippen LogP) is -0.153. The number of rotatable bonds is 5. The second-order valence-electron chi connectivity index (χ2n) is 3.75. The van der Waals surface area contributed by atoms with Crippen molar-refractivity contribution in [2.24, 2.45) is 14.1 Å². The van der Waals surface area contributed by atoms with Crippen molar-refractivity contribution >= 4 is 0 Å². The topological polar surface area (TPSA) is 69.8 Å². The summed E-state index contributed by atoms with van der Waals surface area (Å²) in [7, 11) is 5.36. The number of ether oxygens (including phenoxy) is 1. The molecule has 17 heavy (non-hydrogen) atoms. The van der Waals surface area contributed by atoms with Crippen molar-refractivity contribution < 1.29 is 4.74 Å². The highest BCUT2D eigenvalue weighted by molar-refractivity contribution is 5.15. The fraction of sp³-hybridized carbons (Fsp3) is 0.500. The number of nitrogens with one attached hydrogen (secondary N) is 1. The number of methoxy groups -OCH3 is 1. The lowest BCUT2D eigenvalue weighted by Crippen LogP contribution is -2.15. The molecule has 2 heterocycles. The molecule has 2 aromatic heterocycles. The molecule has 0 aromatic carbocycles. The van der Waals surface area contributed by atoms with Gasteiger partial charge in [0.1, 0.15) is 0 Å². The van der Waals surface area contributed by atoms with Crippen LogP contribution in [0.5, 0.6) is 5.88 Å². The van der Waals surface area contributed by atoms with Crippen LogP contribution < -0.4 is 10.1 Å². The zero-order chi connectivity index (χ0) is 12.3. The van der Waals surface area contributed by atoms with Gasteiger partial charge in [0.2, 0.25) is 5.88 Å². The molecule has 0 unspecified atom stereocenters. The highest BCUT2D eigenvalue weighted by atomic mass is 16.5. The third kappa shape index (κ3) is 2.62. The third-order valence-electron chi connectivity index (χ3n) is 2.52. The van der Waals surface area contributed by atoms with Gasteiger partial charge in [-0.25, -0.2) is 4.68 Å². The van der Waals surface area contributed by atoms with E-state index < -0.39 is 0 Å². The summed E-state index contributed by atoms with van der Waals surface area (Å²) in [5, 5.41) is 15.3. The SMILES string of the molecule is COc1cc(CNCc2cnnn2C)nn1C. The Morgan fingerprint density at radius 1 is 1.29 bits per heavy atom. The molecule has 0 aliphatic carbocycles. The Morgan fingerprint density at radius 3 is 2.71 bits per heavy atom. The first kappa shape index (κ1) is 11.6. The van der Waals surface area contributed by atoms with Gasteiger partial charge in [0.05, 0.1) is 24.7 Å².